The quantitative estimate of drug-likeness (QED) is 0.671. The van der Waals surface area contributed by atoms with Crippen molar-refractivity contribution in [2.24, 2.45) is 13.0 Å². The predicted octanol–water partition coefficient (Wildman–Crippen LogP) is 4.48. The van der Waals surface area contributed by atoms with E-state index in [1.165, 1.54) is 32.1 Å². The molecule has 162 valence electrons. The molecule has 2 saturated carbocycles. The molecular weight excluding hydrogens is 380 g/mol. The van der Waals surface area contributed by atoms with Crippen molar-refractivity contribution in [2.45, 2.75) is 64.6 Å². The normalized spacial score (nSPS) is 17.0. The summed E-state index contributed by atoms with van der Waals surface area (Å²) in [6.45, 7) is 2.91. The number of rotatable bonds is 7. The van der Waals surface area contributed by atoms with E-state index in [4.69, 9.17) is 14.5 Å². The standard InChI is InChI=1S/C23H32N4O3/c1-16-22(30-18-7-5-4-6-8-18)12-11-20(25-16)19-13-24-27(3)21(19)15-29-23(28)26(2)14-17-9-10-17/h11-13,17-18H,4-10,14-15H2,1-3H3. The first-order valence-electron chi connectivity index (χ1n) is 11.0. The van der Waals surface area contributed by atoms with Gasteiger partial charge in [0.2, 0.25) is 0 Å². The lowest BCUT2D eigenvalue weighted by molar-refractivity contribution is 0.101. The number of carbonyl (C=O) groups is 1. The van der Waals surface area contributed by atoms with E-state index in [-0.39, 0.29) is 12.7 Å². The Kier molecular flexibility index (Phi) is 6.25. The van der Waals surface area contributed by atoms with Crippen LogP contribution in [0.3, 0.4) is 0 Å². The average molecular weight is 413 g/mol. The van der Waals surface area contributed by atoms with Gasteiger partial charge in [0.15, 0.2) is 0 Å². The maximum atomic E-state index is 12.3. The van der Waals surface area contributed by atoms with Crippen molar-refractivity contribution in [3.63, 3.8) is 0 Å². The molecule has 0 unspecified atom stereocenters. The van der Waals surface area contributed by atoms with Crippen LogP contribution in [0.4, 0.5) is 4.79 Å². The second-order valence-corrected chi connectivity index (χ2v) is 8.66. The smallest absolute Gasteiger partial charge is 0.409 e. The minimum Gasteiger partial charge on any atom is -0.489 e. The second kappa shape index (κ2) is 9.06. The van der Waals surface area contributed by atoms with Crippen LogP contribution in [0.2, 0.25) is 0 Å². The highest BCUT2D eigenvalue weighted by Gasteiger charge is 2.26. The summed E-state index contributed by atoms with van der Waals surface area (Å²) in [6, 6.07) is 3.96. The Morgan fingerprint density at radius 1 is 1.20 bits per heavy atom. The van der Waals surface area contributed by atoms with Gasteiger partial charge in [0.1, 0.15) is 12.4 Å². The Labute approximate surface area is 178 Å². The van der Waals surface area contributed by atoms with Gasteiger partial charge in [0.25, 0.3) is 0 Å². The molecule has 0 bridgehead atoms. The van der Waals surface area contributed by atoms with Crippen LogP contribution in [0.5, 0.6) is 5.75 Å². The summed E-state index contributed by atoms with van der Waals surface area (Å²) in [4.78, 5) is 18.7. The van der Waals surface area contributed by atoms with Gasteiger partial charge >= 0.3 is 6.09 Å². The van der Waals surface area contributed by atoms with E-state index in [1.807, 2.05) is 26.1 Å². The number of pyridine rings is 1. The number of carbonyl (C=O) groups excluding carboxylic acids is 1. The molecule has 2 fully saturated rings. The fourth-order valence-electron chi connectivity index (χ4n) is 4.04. The number of aryl methyl sites for hydroxylation is 2. The van der Waals surface area contributed by atoms with E-state index >= 15 is 0 Å². The largest absolute Gasteiger partial charge is 0.489 e. The number of hydrogen-bond donors (Lipinski definition) is 0. The molecule has 0 saturated heterocycles. The Bertz CT molecular complexity index is 885. The Morgan fingerprint density at radius 3 is 2.67 bits per heavy atom. The monoisotopic (exact) mass is 412 g/mol. The molecule has 2 aliphatic carbocycles. The molecule has 2 aromatic rings. The predicted molar refractivity (Wildman–Crippen MR) is 114 cm³/mol. The Morgan fingerprint density at radius 2 is 1.97 bits per heavy atom. The lowest BCUT2D eigenvalue weighted by atomic mass is 9.98. The van der Waals surface area contributed by atoms with Crippen molar-refractivity contribution in [2.75, 3.05) is 13.6 Å². The van der Waals surface area contributed by atoms with Gasteiger partial charge in [-0.2, -0.15) is 5.10 Å². The van der Waals surface area contributed by atoms with Crippen LogP contribution in [0, 0.1) is 12.8 Å². The number of amides is 1. The molecule has 0 atom stereocenters. The number of hydrogen-bond acceptors (Lipinski definition) is 5. The summed E-state index contributed by atoms with van der Waals surface area (Å²) < 4.78 is 13.5. The molecule has 2 aliphatic rings. The van der Waals surface area contributed by atoms with E-state index < -0.39 is 0 Å². The molecule has 1 amide bonds. The molecular formula is C23H32N4O3. The highest BCUT2D eigenvalue weighted by atomic mass is 16.6. The van der Waals surface area contributed by atoms with Crippen molar-refractivity contribution < 1.29 is 14.3 Å². The summed E-state index contributed by atoms with van der Waals surface area (Å²) in [7, 11) is 3.65. The highest BCUT2D eigenvalue weighted by molar-refractivity contribution is 5.68. The van der Waals surface area contributed by atoms with Crippen molar-refractivity contribution >= 4 is 6.09 Å². The third-order valence-electron chi connectivity index (χ3n) is 6.09. The molecule has 7 nitrogen and oxygen atoms in total. The van der Waals surface area contributed by atoms with Crippen LogP contribution < -0.4 is 4.74 Å². The summed E-state index contributed by atoms with van der Waals surface area (Å²) in [5, 5.41) is 4.36. The molecule has 2 aromatic heterocycles. The molecule has 0 spiro atoms. The third-order valence-corrected chi connectivity index (χ3v) is 6.09. The molecule has 2 heterocycles. The average Bonchev–Trinajstić information content (AvgIpc) is 3.48. The van der Waals surface area contributed by atoms with Crippen molar-refractivity contribution in [3.8, 4) is 17.0 Å². The van der Waals surface area contributed by atoms with Crippen molar-refractivity contribution in [3.05, 3.63) is 29.7 Å². The molecule has 4 rings (SSSR count). The van der Waals surface area contributed by atoms with E-state index in [1.54, 1.807) is 22.8 Å². The molecule has 30 heavy (non-hydrogen) atoms. The summed E-state index contributed by atoms with van der Waals surface area (Å²) in [6.07, 6.45) is 10.2. The summed E-state index contributed by atoms with van der Waals surface area (Å²) in [5.74, 6) is 1.49. The first kappa shape index (κ1) is 20.7. The van der Waals surface area contributed by atoms with Crippen LogP contribution in [0.1, 0.15) is 56.3 Å². The first-order chi connectivity index (χ1) is 14.5. The maximum absolute atomic E-state index is 12.3. The number of ether oxygens (including phenoxy) is 2. The third kappa shape index (κ3) is 4.94. The van der Waals surface area contributed by atoms with Gasteiger partial charge in [-0.05, 0) is 63.5 Å². The minimum absolute atomic E-state index is 0.167. The molecule has 0 aliphatic heterocycles. The summed E-state index contributed by atoms with van der Waals surface area (Å²) >= 11 is 0. The van der Waals surface area contributed by atoms with Crippen molar-refractivity contribution in [1.82, 2.24) is 19.7 Å². The zero-order valence-corrected chi connectivity index (χ0v) is 18.3. The number of aromatic nitrogens is 3. The first-order valence-corrected chi connectivity index (χ1v) is 11.0. The van der Waals surface area contributed by atoms with E-state index in [0.717, 1.165) is 47.8 Å². The van der Waals surface area contributed by atoms with Crippen LogP contribution in [-0.2, 0) is 18.4 Å². The van der Waals surface area contributed by atoms with E-state index in [0.29, 0.717) is 12.0 Å². The maximum Gasteiger partial charge on any atom is 0.409 e. The van der Waals surface area contributed by atoms with Crippen LogP contribution >= 0.6 is 0 Å². The van der Waals surface area contributed by atoms with Gasteiger partial charge in [-0.15, -0.1) is 0 Å². The molecule has 0 aromatic carbocycles. The molecule has 0 radical (unpaired) electrons. The van der Waals surface area contributed by atoms with Crippen LogP contribution in [-0.4, -0.2) is 45.5 Å². The van der Waals surface area contributed by atoms with Gasteiger partial charge < -0.3 is 14.4 Å². The highest BCUT2D eigenvalue weighted by Crippen LogP contribution is 2.30. The lowest BCUT2D eigenvalue weighted by Gasteiger charge is -2.23. The van der Waals surface area contributed by atoms with E-state index in [2.05, 4.69) is 5.10 Å². The molecule has 0 N–H and O–H groups in total. The Hall–Kier alpha value is -2.57. The minimum atomic E-state index is -0.297. The zero-order valence-electron chi connectivity index (χ0n) is 18.3. The van der Waals surface area contributed by atoms with Gasteiger partial charge in [0, 0.05) is 26.2 Å². The van der Waals surface area contributed by atoms with E-state index in [9.17, 15) is 4.79 Å². The SMILES string of the molecule is Cc1nc(-c2cnn(C)c2COC(=O)N(C)CC2CC2)ccc1OC1CCCCC1. The van der Waals surface area contributed by atoms with Gasteiger partial charge in [-0.1, -0.05) is 6.42 Å². The fraction of sp³-hybridized carbons (Fsp3) is 0.609. The fourth-order valence-corrected chi connectivity index (χ4v) is 4.04. The zero-order chi connectivity index (χ0) is 21.1. The number of nitrogens with zero attached hydrogens (tertiary/aromatic N) is 4. The van der Waals surface area contributed by atoms with Gasteiger partial charge in [0.05, 0.1) is 29.4 Å². The van der Waals surface area contributed by atoms with Crippen LogP contribution in [0.25, 0.3) is 11.3 Å². The summed E-state index contributed by atoms with van der Waals surface area (Å²) in [5.41, 5.74) is 3.39. The van der Waals surface area contributed by atoms with Gasteiger partial charge in [-0.3, -0.25) is 4.68 Å². The van der Waals surface area contributed by atoms with Crippen LogP contribution in [0.15, 0.2) is 18.3 Å². The Balaban J connectivity index is 1.43. The van der Waals surface area contributed by atoms with Crippen molar-refractivity contribution in [1.29, 1.82) is 0 Å². The van der Waals surface area contributed by atoms with Gasteiger partial charge in [-0.25, -0.2) is 9.78 Å². The second-order valence-electron chi connectivity index (χ2n) is 8.66. The lowest BCUT2D eigenvalue weighted by Crippen LogP contribution is -2.29. The topological polar surface area (TPSA) is 69.5 Å². The molecule has 7 heteroatoms.